The molecule has 0 saturated carbocycles. The van der Waals surface area contributed by atoms with Crippen molar-refractivity contribution in [2.45, 2.75) is 6.04 Å². The lowest BCUT2D eigenvalue weighted by molar-refractivity contribution is 0.203. The molecule has 1 heterocycles. The highest BCUT2D eigenvalue weighted by molar-refractivity contribution is 6.30. The van der Waals surface area contributed by atoms with E-state index in [0.717, 1.165) is 6.07 Å². The smallest absolute Gasteiger partial charge is 0.166 e. The summed E-state index contributed by atoms with van der Waals surface area (Å²) in [6, 6.07) is 0.473. The van der Waals surface area contributed by atoms with Crippen molar-refractivity contribution in [2.75, 3.05) is 18.5 Å². The summed E-state index contributed by atoms with van der Waals surface area (Å²) in [6.07, 6.45) is 1.28. The number of nitrogens with zero attached hydrogens (tertiary/aromatic N) is 1. The van der Waals surface area contributed by atoms with E-state index in [1.165, 1.54) is 6.20 Å². The molecule has 0 aliphatic heterocycles. The predicted molar refractivity (Wildman–Crippen MR) is 50.8 cm³/mol. The number of aliphatic hydroxyl groups is 2. The number of rotatable bonds is 4. The first-order chi connectivity index (χ1) is 6.67. The summed E-state index contributed by atoms with van der Waals surface area (Å²) in [5, 5.41) is 20.2. The van der Waals surface area contributed by atoms with Gasteiger partial charge in [-0.1, -0.05) is 11.6 Å². The average molecular weight is 221 g/mol. The first-order valence-corrected chi connectivity index (χ1v) is 4.34. The van der Waals surface area contributed by atoms with Crippen LogP contribution in [0.4, 0.5) is 10.2 Å². The fourth-order valence-corrected chi connectivity index (χ4v) is 1.01. The predicted octanol–water partition coefficient (Wildman–Crippen LogP) is 0.639. The topological polar surface area (TPSA) is 65.4 Å². The zero-order valence-corrected chi connectivity index (χ0v) is 8.00. The van der Waals surface area contributed by atoms with Crippen molar-refractivity contribution in [3.8, 4) is 0 Å². The molecule has 1 aromatic rings. The fourth-order valence-electron chi connectivity index (χ4n) is 0.863. The molecule has 0 aromatic carbocycles. The Labute approximate surface area is 85.4 Å². The molecule has 0 amide bonds. The molecule has 0 bridgehead atoms. The van der Waals surface area contributed by atoms with Gasteiger partial charge in [0, 0.05) is 6.20 Å². The van der Waals surface area contributed by atoms with Crippen LogP contribution >= 0.6 is 11.6 Å². The van der Waals surface area contributed by atoms with Gasteiger partial charge in [0.05, 0.1) is 24.3 Å². The van der Waals surface area contributed by atoms with Crippen LogP contribution in [0, 0.1) is 5.82 Å². The number of hydrogen-bond donors (Lipinski definition) is 3. The van der Waals surface area contributed by atoms with Crippen LogP contribution in [0.25, 0.3) is 0 Å². The van der Waals surface area contributed by atoms with Crippen LogP contribution in [0.5, 0.6) is 0 Å². The Balaban J connectivity index is 2.76. The van der Waals surface area contributed by atoms with Crippen molar-refractivity contribution in [1.82, 2.24) is 4.98 Å². The molecule has 14 heavy (non-hydrogen) atoms. The van der Waals surface area contributed by atoms with Gasteiger partial charge in [0.1, 0.15) is 0 Å². The van der Waals surface area contributed by atoms with E-state index in [1.807, 2.05) is 0 Å². The third kappa shape index (κ3) is 2.80. The molecule has 1 rings (SSSR count). The number of aromatic nitrogens is 1. The summed E-state index contributed by atoms with van der Waals surface area (Å²) in [5.74, 6) is -0.660. The summed E-state index contributed by atoms with van der Waals surface area (Å²) >= 11 is 5.49. The van der Waals surface area contributed by atoms with Crippen LogP contribution in [0.2, 0.25) is 5.02 Å². The maximum Gasteiger partial charge on any atom is 0.166 e. The Kier molecular flexibility index (Phi) is 4.06. The molecule has 0 fully saturated rings. The Bertz CT molecular complexity index is 307. The average Bonchev–Trinajstić information content (AvgIpc) is 2.17. The summed E-state index contributed by atoms with van der Waals surface area (Å²) in [6.45, 7) is -0.611. The molecular formula is C8H10ClFN2O2. The van der Waals surface area contributed by atoms with Crippen molar-refractivity contribution in [1.29, 1.82) is 0 Å². The largest absolute Gasteiger partial charge is 0.394 e. The van der Waals surface area contributed by atoms with Gasteiger partial charge < -0.3 is 15.5 Å². The third-order valence-electron chi connectivity index (χ3n) is 1.59. The van der Waals surface area contributed by atoms with Crippen LogP contribution in [0.3, 0.4) is 0 Å². The third-order valence-corrected chi connectivity index (χ3v) is 1.80. The van der Waals surface area contributed by atoms with Gasteiger partial charge in [-0.15, -0.1) is 0 Å². The SMILES string of the molecule is OCC(CO)Nc1ncc(Cl)cc1F. The van der Waals surface area contributed by atoms with Crippen LogP contribution in [0.1, 0.15) is 0 Å². The number of nitrogens with one attached hydrogen (secondary N) is 1. The Morgan fingerprint density at radius 3 is 2.64 bits per heavy atom. The van der Waals surface area contributed by atoms with Gasteiger partial charge in [0.2, 0.25) is 0 Å². The van der Waals surface area contributed by atoms with Crippen molar-refractivity contribution < 1.29 is 14.6 Å². The molecule has 0 saturated heterocycles. The van der Waals surface area contributed by atoms with Crippen LogP contribution in [-0.4, -0.2) is 34.5 Å². The van der Waals surface area contributed by atoms with E-state index in [0.29, 0.717) is 0 Å². The number of aliphatic hydroxyl groups excluding tert-OH is 2. The second kappa shape index (κ2) is 5.09. The van der Waals surface area contributed by atoms with Gasteiger partial charge in [-0.05, 0) is 6.07 Å². The number of hydrogen-bond acceptors (Lipinski definition) is 4. The fraction of sp³-hybridized carbons (Fsp3) is 0.375. The quantitative estimate of drug-likeness (QED) is 0.697. The maximum absolute atomic E-state index is 13.1. The Hall–Kier alpha value is -0.910. The van der Waals surface area contributed by atoms with Gasteiger partial charge in [-0.3, -0.25) is 0 Å². The van der Waals surface area contributed by atoms with E-state index < -0.39 is 11.9 Å². The minimum absolute atomic E-state index is 0.0394. The first kappa shape index (κ1) is 11.2. The maximum atomic E-state index is 13.1. The van der Waals surface area contributed by atoms with Crippen molar-refractivity contribution in [2.24, 2.45) is 0 Å². The van der Waals surface area contributed by atoms with Crippen molar-refractivity contribution in [3.05, 3.63) is 23.1 Å². The summed E-state index contributed by atoms with van der Waals surface area (Å²) in [7, 11) is 0. The summed E-state index contributed by atoms with van der Waals surface area (Å²) in [5.41, 5.74) is 0. The van der Waals surface area contributed by atoms with E-state index in [2.05, 4.69) is 10.3 Å². The molecule has 78 valence electrons. The molecule has 6 heteroatoms. The second-order valence-corrected chi connectivity index (χ2v) is 3.13. The Morgan fingerprint density at radius 2 is 2.14 bits per heavy atom. The lowest BCUT2D eigenvalue weighted by Crippen LogP contribution is -2.28. The molecule has 0 aliphatic rings. The lowest BCUT2D eigenvalue weighted by atomic mass is 10.3. The molecule has 1 aromatic heterocycles. The van der Waals surface area contributed by atoms with E-state index >= 15 is 0 Å². The molecule has 0 aliphatic carbocycles. The monoisotopic (exact) mass is 220 g/mol. The van der Waals surface area contributed by atoms with Gasteiger partial charge in [-0.25, -0.2) is 9.37 Å². The molecule has 0 radical (unpaired) electrons. The molecule has 4 nitrogen and oxygen atoms in total. The first-order valence-electron chi connectivity index (χ1n) is 3.96. The summed E-state index contributed by atoms with van der Waals surface area (Å²) < 4.78 is 13.1. The standard InChI is InChI=1S/C8H10ClFN2O2/c9-5-1-7(10)8(11-2-5)12-6(3-13)4-14/h1-2,6,13-14H,3-4H2,(H,11,12). The molecular weight excluding hydrogens is 211 g/mol. The van der Waals surface area contributed by atoms with Crippen LogP contribution < -0.4 is 5.32 Å². The minimum Gasteiger partial charge on any atom is -0.394 e. The minimum atomic E-state index is -0.627. The van der Waals surface area contributed by atoms with Gasteiger partial charge in [0.15, 0.2) is 11.6 Å². The highest BCUT2D eigenvalue weighted by Gasteiger charge is 2.10. The van der Waals surface area contributed by atoms with Gasteiger partial charge in [-0.2, -0.15) is 0 Å². The second-order valence-electron chi connectivity index (χ2n) is 2.69. The normalized spacial score (nSPS) is 10.6. The Morgan fingerprint density at radius 1 is 1.50 bits per heavy atom. The lowest BCUT2D eigenvalue weighted by Gasteiger charge is -2.14. The van der Waals surface area contributed by atoms with Crippen molar-refractivity contribution in [3.63, 3.8) is 0 Å². The molecule has 3 N–H and O–H groups in total. The van der Waals surface area contributed by atoms with Gasteiger partial charge in [0.25, 0.3) is 0 Å². The van der Waals surface area contributed by atoms with Crippen molar-refractivity contribution >= 4 is 17.4 Å². The zero-order chi connectivity index (χ0) is 10.6. The van der Waals surface area contributed by atoms with E-state index in [-0.39, 0.29) is 24.1 Å². The summed E-state index contributed by atoms with van der Waals surface area (Å²) in [4.78, 5) is 3.67. The van der Waals surface area contributed by atoms with Crippen LogP contribution in [-0.2, 0) is 0 Å². The molecule has 0 spiro atoms. The van der Waals surface area contributed by atoms with Crippen LogP contribution in [0.15, 0.2) is 12.3 Å². The van der Waals surface area contributed by atoms with E-state index in [4.69, 9.17) is 21.8 Å². The number of halogens is 2. The van der Waals surface area contributed by atoms with E-state index in [9.17, 15) is 4.39 Å². The highest BCUT2D eigenvalue weighted by Crippen LogP contribution is 2.15. The van der Waals surface area contributed by atoms with E-state index in [1.54, 1.807) is 0 Å². The highest BCUT2D eigenvalue weighted by atomic mass is 35.5. The number of anilines is 1. The molecule has 0 unspecified atom stereocenters. The zero-order valence-electron chi connectivity index (χ0n) is 7.24. The molecule has 0 atom stereocenters. The number of pyridine rings is 1. The van der Waals surface area contributed by atoms with Gasteiger partial charge >= 0.3 is 0 Å².